The first-order valence-corrected chi connectivity index (χ1v) is 11.9. The lowest BCUT2D eigenvalue weighted by molar-refractivity contribution is -0.114. The fourth-order valence-electron chi connectivity index (χ4n) is 4.19. The van der Waals surface area contributed by atoms with Crippen LogP contribution in [0.25, 0.3) is 27.7 Å². The number of anilines is 1. The average Bonchev–Trinajstić information content (AvgIpc) is 3.12. The summed E-state index contributed by atoms with van der Waals surface area (Å²) in [4.78, 5) is 24.5. The number of carboxylic acid groups (broad SMARTS) is 1. The van der Waals surface area contributed by atoms with Gasteiger partial charge >= 0.3 is 5.97 Å². The van der Waals surface area contributed by atoms with Crippen molar-refractivity contribution in [2.45, 2.75) is 46.8 Å². The molecule has 0 spiro atoms. The van der Waals surface area contributed by atoms with Crippen molar-refractivity contribution in [3.8, 4) is 28.3 Å². The number of rotatable bonds is 8. The molecule has 0 unspecified atom stereocenters. The third-order valence-electron chi connectivity index (χ3n) is 5.50. The lowest BCUT2D eigenvalue weighted by atomic mass is 10.0. The number of benzene rings is 3. The first-order chi connectivity index (χ1) is 17.1. The maximum atomic E-state index is 12.4. The molecular formula is C29H30N2O5. The van der Waals surface area contributed by atoms with E-state index in [0.717, 1.165) is 16.9 Å². The maximum Gasteiger partial charge on any atom is 0.355 e. The quantitative estimate of drug-likeness (QED) is 0.296. The van der Waals surface area contributed by atoms with E-state index < -0.39 is 5.97 Å². The van der Waals surface area contributed by atoms with Gasteiger partial charge in [-0.2, -0.15) is 0 Å². The molecule has 4 aromatic rings. The number of hydrogen-bond donors (Lipinski definition) is 2. The molecule has 0 aliphatic carbocycles. The van der Waals surface area contributed by atoms with Crippen LogP contribution in [0, 0.1) is 0 Å². The van der Waals surface area contributed by atoms with Gasteiger partial charge in [-0.25, -0.2) is 4.79 Å². The van der Waals surface area contributed by atoms with Crippen molar-refractivity contribution in [3.05, 3.63) is 72.4 Å². The molecule has 1 amide bonds. The number of aromatic carboxylic acids is 1. The summed E-state index contributed by atoms with van der Waals surface area (Å²) in [5, 5.41) is 13.6. The van der Waals surface area contributed by atoms with Gasteiger partial charge in [0.2, 0.25) is 5.91 Å². The Morgan fingerprint density at radius 3 is 1.83 bits per heavy atom. The van der Waals surface area contributed by atoms with Gasteiger partial charge in [-0.3, -0.25) is 4.79 Å². The molecule has 1 heterocycles. The van der Waals surface area contributed by atoms with E-state index in [1.807, 2.05) is 82.3 Å². The number of carbonyl (C=O) groups excluding carboxylic acids is 1. The minimum atomic E-state index is -1.14. The molecule has 36 heavy (non-hydrogen) atoms. The summed E-state index contributed by atoms with van der Waals surface area (Å²) >= 11 is 0. The van der Waals surface area contributed by atoms with Gasteiger partial charge in [-0.05, 0) is 87.4 Å². The van der Waals surface area contributed by atoms with Crippen molar-refractivity contribution in [3.63, 3.8) is 0 Å². The van der Waals surface area contributed by atoms with Gasteiger partial charge in [0.05, 0.1) is 23.4 Å². The van der Waals surface area contributed by atoms with Crippen molar-refractivity contribution in [1.82, 2.24) is 4.57 Å². The molecule has 0 atom stereocenters. The monoisotopic (exact) mass is 486 g/mol. The Bertz CT molecular complexity index is 1400. The van der Waals surface area contributed by atoms with Gasteiger partial charge in [0.25, 0.3) is 0 Å². The van der Waals surface area contributed by atoms with E-state index in [9.17, 15) is 14.7 Å². The van der Waals surface area contributed by atoms with Crippen LogP contribution >= 0.6 is 0 Å². The summed E-state index contributed by atoms with van der Waals surface area (Å²) in [6.45, 7) is 9.20. The van der Waals surface area contributed by atoms with Gasteiger partial charge in [-0.15, -0.1) is 0 Å². The van der Waals surface area contributed by atoms with Crippen LogP contribution in [0.2, 0.25) is 0 Å². The molecule has 3 aromatic carbocycles. The molecule has 0 saturated carbocycles. The molecule has 1 aromatic heterocycles. The Kier molecular flexibility index (Phi) is 7.01. The highest BCUT2D eigenvalue weighted by Gasteiger charge is 2.25. The second-order valence-corrected chi connectivity index (χ2v) is 9.13. The van der Waals surface area contributed by atoms with E-state index in [0.29, 0.717) is 22.3 Å². The van der Waals surface area contributed by atoms with E-state index in [2.05, 4.69) is 5.32 Å². The molecule has 4 rings (SSSR count). The van der Waals surface area contributed by atoms with Gasteiger partial charge < -0.3 is 24.5 Å². The largest absolute Gasteiger partial charge is 0.491 e. The van der Waals surface area contributed by atoms with Crippen molar-refractivity contribution < 1.29 is 24.2 Å². The van der Waals surface area contributed by atoms with Crippen LogP contribution in [-0.4, -0.2) is 33.8 Å². The third-order valence-corrected chi connectivity index (χ3v) is 5.50. The number of carboxylic acids is 1. The van der Waals surface area contributed by atoms with Crippen molar-refractivity contribution in [2.24, 2.45) is 0 Å². The van der Waals surface area contributed by atoms with Crippen LogP contribution in [0.1, 0.15) is 45.1 Å². The highest BCUT2D eigenvalue weighted by molar-refractivity contribution is 6.12. The van der Waals surface area contributed by atoms with Crippen molar-refractivity contribution in [2.75, 3.05) is 5.32 Å². The Morgan fingerprint density at radius 2 is 1.33 bits per heavy atom. The minimum absolute atomic E-state index is 0.0180. The van der Waals surface area contributed by atoms with E-state index in [1.54, 1.807) is 16.7 Å². The molecule has 0 saturated heterocycles. The molecule has 0 radical (unpaired) electrons. The van der Waals surface area contributed by atoms with E-state index >= 15 is 0 Å². The van der Waals surface area contributed by atoms with Crippen molar-refractivity contribution >= 4 is 28.5 Å². The first-order valence-electron chi connectivity index (χ1n) is 11.9. The van der Waals surface area contributed by atoms with Gasteiger partial charge in [0.1, 0.15) is 11.5 Å². The smallest absolute Gasteiger partial charge is 0.355 e. The summed E-state index contributed by atoms with van der Waals surface area (Å²) in [5.41, 5.74) is 3.39. The predicted molar refractivity (Wildman–Crippen MR) is 142 cm³/mol. The van der Waals surface area contributed by atoms with Gasteiger partial charge in [0, 0.05) is 18.0 Å². The first kappa shape index (κ1) is 24.9. The predicted octanol–water partition coefficient (Wildman–Crippen LogP) is 6.53. The fraction of sp³-hybridized carbons (Fsp3) is 0.241. The third kappa shape index (κ3) is 5.20. The summed E-state index contributed by atoms with van der Waals surface area (Å²) in [7, 11) is 0. The highest BCUT2D eigenvalue weighted by atomic mass is 16.5. The molecule has 7 heteroatoms. The Labute approximate surface area is 210 Å². The lowest BCUT2D eigenvalue weighted by Crippen LogP contribution is -2.13. The molecule has 0 fully saturated rings. The lowest BCUT2D eigenvalue weighted by Gasteiger charge is -2.13. The number of fused-ring (bicyclic) bond motifs is 1. The van der Waals surface area contributed by atoms with Crippen LogP contribution in [0.3, 0.4) is 0 Å². The number of nitrogens with zero attached hydrogens (tertiary/aromatic N) is 1. The molecule has 7 nitrogen and oxygen atoms in total. The van der Waals surface area contributed by atoms with Gasteiger partial charge in [-0.1, -0.05) is 18.2 Å². The van der Waals surface area contributed by atoms with Crippen LogP contribution in [0.4, 0.5) is 5.69 Å². The molecule has 0 bridgehead atoms. The Morgan fingerprint density at radius 1 is 0.806 bits per heavy atom. The van der Waals surface area contributed by atoms with Crippen LogP contribution < -0.4 is 14.8 Å². The number of amides is 1. The molecular weight excluding hydrogens is 456 g/mol. The zero-order chi connectivity index (χ0) is 26.0. The second-order valence-electron chi connectivity index (χ2n) is 9.13. The van der Waals surface area contributed by atoms with Crippen LogP contribution in [0.15, 0.2) is 66.7 Å². The van der Waals surface area contributed by atoms with Crippen LogP contribution in [-0.2, 0) is 4.79 Å². The molecule has 186 valence electrons. The topological polar surface area (TPSA) is 89.8 Å². The molecule has 0 aliphatic rings. The highest BCUT2D eigenvalue weighted by Crippen LogP contribution is 2.37. The minimum Gasteiger partial charge on any atom is -0.491 e. The summed E-state index contributed by atoms with van der Waals surface area (Å²) in [6, 6.07) is 20.7. The normalized spacial score (nSPS) is 11.2. The number of carbonyl (C=O) groups is 2. The van der Waals surface area contributed by atoms with Crippen molar-refractivity contribution in [1.29, 1.82) is 0 Å². The zero-order valence-corrected chi connectivity index (χ0v) is 21.0. The standard InChI is InChI=1S/C29H30N2O5/c1-17(2)35-23-11-6-20(7-12-23)21-8-15-26-25(16-21)27(30-19(5)32)28(29(33)34)31(26)22-9-13-24(14-10-22)36-18(3)4/h6-18H,1-5H3,(H,30,32)(H,33,34). The molecule has 0 aliphatic heterocycles. The Balaban J connectivity index is 1.87. The summed E-state index contributed by atoms with van der Waals surface area (Å²) < 4.78 is 13.1. The summed E-state index contributed by atoms with van der Waals surface area (Å²) in [6.07, 6.45) is 0.0984. The fourth-order valence-corrected chi connectivity index (χ4v) is 4.19. The van der Waals surface area contributed by atoms with E-state index in [4.69, 9.17) is 9.47 Å². The van der Waals surface area contributed by atoms with Gasteiger partial charge in [0.15, 0.2) is 5.69 Å². The van der Waals surface area contributed by atoms with E-state index in [1.165, 1.54) is 6.92 Å². The number of ether oxygens (including phenoxy) is 2. The Hall–Kier alpha value is -4.26. The number of aromatic nitrogens is 1. The number of nitrogens with one attached hydrogen (secondary N) is 1. The summed E-state index contributed by atoms with van der Waals surface area (Å²) in [5.74, 6) is -0.0265. The maximum absolute atomic E-state index is 12.4. The second kappa shape index (κ2) is 10.2. The average molecular weight is 487 g/mol. The van der Waals surface area contributed by atoms with Crippen LogP contribution in [0.5, 0.6) is 11.5 Å². The zero-order valence-electron chi connectivity index (χ0n) is 21.0. The van der Waals surface area contributed by atoms with E-state index in [-0.39, 0.29) is 29.5 Å². The number of hydrogen-bond acceptors (Lipinski definition) is 4. The molecule has 2 N–H and O–H groups in total. The SMILES string of the molecule is CC(=O)Nc1c(C(=O)O)n(-c2ccc(OC(C)C)cc2)c2ccc(-c3ccc(OC(C)C)cc3)cc12.